The molecular formula is C53H83NO12. The smallest absolute Gasteiger partial charge is 0.329 e. The minimum absolute atomic E-state index is 0.0294. The molecular weight excluding hydrogens is 843 g/mol. The van der Waals surface area contributed by atoms with Gasteiger partial charge in [0.1, 0.15) is 30.1 Å². The highest BCUT2D eigenvalue weighted by molar-refractivity contribution is 6.39. The summed E-state index contributed by atoms with van der Waals surface area (Å²) in [6, 6.07) is -1.11. The van der Waals surface area contributed by atoms with Crippen molar-refractivity contribution in [3.05, 3.63) is 47.6 Å². The van der Waals surface area contributed by atoms with Crippen molar-refractivity contribution < 1.29 is 57.9 Å². The van der Waals surface area contributed by atoms with Crippen molar-refractivity contribution in [1.29, 1.82) is 0 Å². The van der Waals surface area contributed by atoms with Crippen LogP contribution in [0.3, 0.4) is 0 Å². The molecule has 1 amide bonds. The number of methoxy groups -OCH3 is 3. The van der Waals surface area contributed by atoms with Crippen LogP contribution in [0.2, 0.25) is 0 Å². The highest BCUT2D eigenvalue weighted by atomic mass is 16.6. The highest BCUT2D eigenvalue weighted by Gasteiger charge is 2.52. The monoisotopic (exact) mass is 926 g/mol. The van der Waals surface area contributed by atoms with E-state index in [0.29, 0.717) is 62.9 Å². The zero-order valence-electron chi connectivity index (χ0n) is 41.9. The van der Waals surface area contributed by atoms with Crippen molar-refractivity contribution in [1.82, 2.24) is 4.90 Å². The molecule has 4 rings (SSSR count). The molecule has 15 atom stereocenters. The molecule has 0 unspecified atom stereocenters. The third-order valence-corrected chi connectivity index (χ3v) is 15.1. The number of ether oxygens (including phenoxy) is 5. The first kappa shape index (κ1) is 55.3. The van der Waals surface area contributed by atoms with Gasteiger partial charge in [-0.1, -0.05) is 84.4 Å². The lowest BCUT2D eigenvalue weighted by Gasteiger charge is -2.39. The zero-order valence-corrected chi connectivity index (χ0v) is 41.9. The van der Waals surface area contributed by atoms with Crippen LogP contribution < -0.4 is 0 Å². The van der Waals surface area contributed by atoms with Gasteiger partial charge >= 0.3 is 5.97 Å². The zero-order chi connectivity index (χ0) is 48.9. The van der Waals surface area contributed by atoms with Gasteiger partial charge in [-0.15, -0.1) is 0 Å². The maximum Gasteiger partial charge on any atom is 0.329 e. The van der Waals surface area contributed by atoms with E-state index in [1.807, 2.05) is 58.1 Å². The number of Topliss-reactive ketones (excluding diaryl/α,β-unsaturated/α-hetero) is 3. The van der Waals surface area contributed by atoms with Crippen molar-refractivity contribution in [2.75, 3.05) is 27.9 Å². The van der Waals surface area contributed by atoms with E-state index in [0.717, 1.165) is 24.8 Å². The second kappa shape index (κ2) is 25.9. The van der Waals surface area contributed by atoms with Gasteiger partial charge in [-0.25, -0.2) is 4.79 Å². The number of carbonyl (C=O) groups excluding carboxylic acids is 5. The van der Waals surface area contributed by atoms with Crippen LogP contribution in [0.4, 0.5) is 0 Å². The number of aliphatic hydroxyl groups is 2. The van der Waals surface area contributed by atoms with Crippen molar-refractivity contribution in [2.45, 2.75) is 187 Å². The van der Waals surface area contributed by atoms with Crippen LogP contribution in [0.15, 0.2) is 47.6 Å². The van der Waals surface area contributed by atoms with Gasteiger partial charge in [0.05, 0.1) is 18.3 Å². The number of hydrogen-bond donors (Lipinski definition) is 2. The summed E-state index contributed by atoms with van der Waals surface area (Å²) < 4.78 is 29.9. The van der Waals surface area contributed by atoms with E-state index in [1.165, 1.54) is 12.0 Å². The molecule has 4 aliphatic rings. The van der Waals surface area contributed by atoms with Gasteiger partial charge in [0, 0.05) is 58.5 Å². The summed E-state index contributed by atoms with van der Waals surface area (Å²) in [5, 5.41) is 23.6. The number of cyclic esters (lactones) is 1. The van der Waals surface area contributed by atoms with Gasteiger partial charge in [-0.05, 0) is 113 Å². The summed E-state index contributed by atoms with van der Waals surface area (Å²) in [6.07, 6.45) is 14.3. The lowest BCUT2D eigenvalue weighted by atomic mass is 9.76. The van der Waals surface area contributed by atoms with Gasteiger partial charge in [0.25, 0.3) is 11.7 Å². The first-order chi connectivity index (χ1) is 31.2. The fraction of sp³-hybridized carbons (Fsp3) is 0.755. The fourth-order valence-corrected chi connectivity index (χ4v) is 10.6. The predicted molar refractivity (Wildman–Crippen MR) is 253 cm³/mol. The fourth-order valence-electron chi connectivity index (χ4n) is 10.6. The number of nitrogens with zero attached hydrogens (tertiary/aromatic N) is 1. The number of ketones is 3. The van der Waals surface area contributed by atoms with E-state index >= 15 is 0 Å². The largest absolute Gasteiger partial charge is 0.460 e. The Bertz CT molecular complexity index is 1770. The van der Waals surface area contributed by atoms with Gasteiger partial charge in [0.2, 0.25) is 5.79 Å². The highest BCUT2D eigenvalue weighted by Crippen LogP contribution is 2.38. The third kappa shape index (κ3) is 14.6. The molecule has 2 saturated heterocycles. The lowest BCUT2D eigenvalue weighted by Crippen LogP contribution is -2.59. The molecule has 3 fully saturated rings. The molecule has 0 aromatic heterocycles. The summed E-state index contributed by atoms with van der Waals surface area (Å²) in [6.45, 7) is 15.1. The number of fused-ring (bicyclic) bond motifs is 3. The number of amides is 1. The number of aliphatic hydroxyl groups excluding tert-OH is 1. The van der Waals surface area contributed by atoms with E-state index in [-0.39, 0.29) is 54.8 Å². The molecule has 13 heteroatoms. The summed E-state index contributed by atoms with van der Waals surface area (Å²) in [7, 11) is 4.71. The molecule has 3 aliphatic heterocycles. The Labute approximate surface area is 395 Å². The first-order valence-corrected chi connectivity index (χ1v) is 24.7. The van der Waals surface area contributed by atoms with Crippen LogP contribution in [-0.2, 0) is 47.7 Å². The van der Waals surface area contributed by atoms with Crippen LogP contribution in [0.5, 0.6) is 0 Å². The van der Waals surface area contributed by atoms with Gasteiger partial charge in [0.15, 0.2) is 5.78 Å². The van der Waals surface area contributed by atoms with E-state index in [4.69, 9.17) is 23.7 Å². The number of rotatable bonds is 6. The van der Waals surface area contributed by atoms with E-state index < -0.39 is 77.8 Å². The standard InChI is InChI=1S/C53H83NO12/c1-32-18-13-12-14-19-33(2)45(63-10)30-41-21-17-20-39(8)53(61,66-41)50(58)51(59)54-25-16-15-22-42(54)52(60)65-46(36(5)28-40-24-23-34(3)44(29-40)62-9)31-43(55)35(4)27-38(7)48(57)49(64-11)47(56)37(6)26-32/h12-14,18-19,27,32,34-37,39-42,44-46,48-49,57,61H,15-17,20-26,28-31H2,1-11H3/b14-12+,18-13+,33-19?,38-27+/t32-,34+,35-,36-,37+,39-,40+,41+,42+,44-,45+,46+,48-,49+,53-/m1/s1. The molecule has 13 nitrogen and oxygen atoms in total. The molecule has 2 bridgehead atoms. The maximum atomic E-state index is 14.4. The Morgan fingerprint density at radius 2 is 1.56 bits per heavy atom. The van der Waals surface area contributed by atoms with Crippen molar-refractivity contribution in [2.24, 2.45) is 41.4 Å². The Morgan fingerprint density at radius 3 is 2.24 bits per heavy atom. The quantitative estimate of drug-likeness (QED) is 0.150. The number of piperidine rings is 1. The van der Waals surface area contributed by atoms with Crippen molar-refractivity contribution >= 4 is 29.2 Å². The van der Waals surface area contributed by atoms with Gasteiger partial charge in [-0.2, -0.15) is 0 Å². The predicted octanol–water partition coefficient (Wildman–Crippen LogP) is 7.85. The second-order valence-corrected chi connectivity index (χ2v) is 20.4. The molecule has 1 saturated carbocycles. The van der Waals surface area contributed by atoms with Crippen molar-refractivity contribution in [3.8, 4) is 0 Å². The van der Waals surface area contributed by atoms with Gasteiger partial charge < -0.3 is 38.8 Å². The summed E-state index contributed by atoms with van der Waals surface area (Å²) in [5.41, 5.74) is 1.30. The SMILES string of the molecule is CO[C@H]1C[C@@H]2CCC[C@@H](C)[C@@](O)(O2)C(=O)C(=O)N2CCCC[C@H]2C(=O)O[C@H]([C@H](C)C[C@@H]2CC[C@H](C)[C@H](OC)C2)CC(=O)[C@H](C)/C=C(\C)[C@@H](O)[C@@H](OC)C(=O)[C@@H](C)C[C@H](C)/C=C/C=C/C=C1C. The van der Waals surface area contributed by atoms with E-state index in [9.17, 15) is 34.2 Å². The molecule has 372 valence electrons. The van der Waals surface area contributed by atoms with Crippen LogP contribution >= 0.6 is 0 Å². The molecule has 66 heavy (non-hydrogen) atoms. The number of esters is 1. The van der Waals surface area contributed by atoms with Crippen LogP contribution in [-0.4, -0.2) is 121 Å². The van der Waals surface area contributed by atoms with Crippen LogP contribution in [0.1, 0.15) is 139 Å². The summed E-state index contributed by atoms with van der Waals surface area (Å²) >= 11 is 0. The van der Waals surface area contributed by atoms with Crippen molar-refractivity contribution in [3.63, 3.8) is 0 Å². The summed E-state index contributed by atoms with van der Waals surface area (Å²) in [4.78, 5) is 72.3. The molecule has 0 aromatic carbocycles. The Morgan fingerprint density at radius 1 is 0.833 bits per heavy atom. The Hall–Kier alpha value is -3.33. The second-order valence-electron chi connectivity index (χ2n) is 20.4. The van der Waals surface area contributed by atoms with Crippen LogP contribution in [0, 0.1) is 41.4 Å². The third-order valence-electron chi connectivity index (χ3n) is 15.1. The molecule has 0 aromatic rings. The van der Waals surface area contributed by atoms with E-state index in [2.05, 4.69) is 6.92 Å². The van der Waals surface area contributed by atoms with Crippen LogP contribution in [0.25, 0.3) is 0 Å². The number of hydrogen-bond acceptors (Lipinski definition) is 12. The molecule has 0 spiro atoms. The maximum absolute atomic E-state index is 14.4. The molecule has 3 heterocycles. The molecule has 0 radical (unpaired) electrons. The first-order valence-electron chi connectivity index (χ1n) is 24.7. The average Bonchev–Trinajstić information content (AvgIpc) is 3.44. The number of carbonyl (C=O) groups is 5. The lowest BCUT2D eigenvalue weighted by molar-refractivity contribution is -0.242. The minimum Gasteiger partial charge on any atom is -0.460 e. The Balaban J connectivity index is 1.72. The number of allylic oxidation sites excluding steroid dienone is 6. The summed E-state index contributed by atoms with van der Waals surface area (Å²) in [5.74, 6) is -7.09. The van der Waals surface area contributed by atoms with E-state index in [1.54, 1.807) is 41.1 Å². The average molecular weight is 926 g/mol. The topological polar surface area (TPSA) is 175 Å². The molecule has 2 N–H and O–H groups in total. The van der Waals surface area contributed by atoms with Gasteiger partial charge in [-0.3, -0.25) is 19.2 Å². The normalized spacial score (nSPS) is 39.4. The minimum atomic E-state index is -2.43. The molecule has 1 aliphatic carbocycles. The Kier molecular flexibility index (Phi) is 21.7.